The van der Waals surface area contributed by atoms with E-state index in [9.17, 15) is 4.79 Å². The molecule has 0 radical (unpaired) electrons. The van der Waals surface area contributed by atoms with E-state index in [0.29, 0.717) is 30.3 Å². The van der Waals surface area contributed by atoms with E-state index < -0.39 is 0 Å². The monoisotopic (exact) mass is 314 g/mol. The average Bonchev–Trinajstić information content (AvgIpc) is 2.94. The topological polar surface area (TPSA) is 46.3 Å². The van der Waals surface area contributed by atoms with Crippen molar-refractivity contribution in [3.63, 3.8) is 0 Å². The molecule has 1 aromatic carbocycles. The summed E-state index contributed by atoms with van der Waals surface area (Å²) in [7, 11) is 0. The number of nitrogens with zero attached hydrogens (tertiary/aromatic N) is 2. The second-order valence-electron chi connectivity index (χ2n) is 6.05. The SMILES string of the molecule is CCc1nc(C)c(C(=O)N(Cc2ccc(C)cc2)C(C)CC)o1. The zero-order valence-electron chi connectivity index (χ0n) is 14.7. The molecule has 0 fully saturated rings. The molecule has 0 aliphatic heterocycles. The fourth-order valence-corrected chi connectivity index (χ4v) is 2.47. The van der Waals surface area contributed by atoms with Crippen LogP contribution in [0.25, 0.3) is 0 Å². The average molecular weight is 314 g/mol. The van der Waals surface area contributed by atoms with Gasteiger partial charge in [0.15, 0.2) is 5.89 Å². The van der Waals surface area contributed by atoms with Gasteiger partial charge in [0.25, 0.3) is 5.91 Å². The third kappa shape index (κ3) is 4.01. The molecule has 0 N–H and O–H groups in total. The van der Waals surface area contributed by atoms with E-state index in [-0.39, 0.29) is 11.9 Å². The van der Waals surface area contributed by atoms with Crippen LogP contribution < -0.4 is 0 Å². The Kier molecular flexibility index (Phi) is 5.59. The highest BCUT2D eigenvalue weighted by Crippen LogP contribution is 2.19. The fourth-order valence-electron chi connectivity index (χ4n) is 2.47. The van der Waals surface area contributed by atoms with Crippen LogP contribution >= 0.6 is 0 Å². The molecule has 1 amide bonds. The van der Waals surface area contributed by atoms with Gasteiger partial charge in [-0.2, -0.15) is 0 Å². The van der Waals surface area contributed by atoms with Gasteiger partial charge < -0.3 is 9.32 Å². The molecule has 0 bridgehead atoms. The van der Waals surface area contributed by atoms with Crippen molar-refractivity contribution in [1.29, 1.82) is 0 Å². The lowest BCUT2D eigenvalue weighted by Gasteiger charge is -2.28. The third-order valence-corrected chi connectivity index (χ3v) is 4.19. The number of aryl methyl sites for hydroxylation is 3. The van der Waals surface area contributed by atoms with Gasteiger partial charge in [0, 0.05) is 19.0 Å². The Balaban J connectivity index is 2.28. The van der Waals surface area contributed by atoms with Crippen LogP contribution in [0.2, 0.25) is 0 Å². The van der Waals surface area contributed by atoms with Gasteiger partial charge in [-0.25, -0.2) is 4.98 Å². The van der Waals surface area contributed by atoms with Crippen LogP contribution in [0.15, 0.2) is 28.7 Å². The first kappa shape index (κ1) is 17.3. The lowest BCUT2D eigenvalue weighted by Crippen LogP contribution is -2.38. The van der Waals surface area contributed by atoms with Crippen molar-refractivity contribution in [2.24, 2.45) is 0 Å². The molecule has 23 heavy (non-hydrogen) atoms. The van der Waals surface area contributed by atoms with E-state index in [0.717, 1.165) is 12.0 Å². The fraction of sp³-hybridized carbons (Fsp3) is 0.474. The molecule has 1 atom stereocenters. The van der Waals surface area contributed by atoms with Crippen molar-refractivity contribution in [1.82, 2.24) is 9.88 Å². The van der Waals surface area contributed by atoms with Gasteiger partial charge in [0.2, 0.25) is 5.76 Å². The molecule has 4 heteroatoms. The largest absolute Gasteiger partial charge is 0.435 e. The molecule has 4 nitrogen and oxygen atoms in total. The maximum absolute atomic E-state index is 13.0. The molecule has 2 rings (SSSR count). The first-order chi connectivity index (χ1) is 11.0. The predicted molar refractivity (Wildman–Crippen MR) is 91.4 cm³/mol. The second kappa shape index (κ2) is 7.44. The van der Waals surface area contributed by atoms with E-state index in [1.54, 1.807) is 0 Å². The summed E-state index contributed by atoms with van der Waals surface area (Å²) in [5.41, 5.74) is 3.01. The summed E-state index contributed by atoms with van der Waals surface area (Å²) < 4.78 is 5.66. The molecule has 1 heterocycles. The number of amides is 1. The number of hydrogen-bond acceptors (Lipinski definition) is 3. The standard InChI is InChI=1S/C19H26N2O2/c1-6-14(4)21(12-16-10-8-13(3)9-11-16)19(22)18-15(5)20-17(7-2)23-18/h8-11,14H,6-7,12H2,1-5H3. The van der Waals surface area contributed by atoms with Crippen LogP contribution in [0.4, 0.5) is 0 Å². The summed E-state index contributed by atoms with van der Waals surface area (Å²) in [6.45, 7) is 10.6. The second-order valence-corrected chi connectivity index (χ2v) is 6.05. The summed E-state index contributed by atoms with van der Waals surface area (Å²) in [6, 6.07) is 8.43. The maximum atomic E-state index is 13.0. The Labute approximate surface area is 138 Å². The van der Waals surface area contributed by atoms with Crippen LogP contribution in [-0.4, -0.2) is 21.8 Å². The highest BCUT2D eigenvalue weighted by molar-refractivity contribution is 5.92. The van der Waals surface area contributed by atoms with Gasteiger partial charge in [0.1, 0.15) is 0 Å². The Bertz CT molecular complexity index is 659. The number of carbonyl (C=O) groups is 1. The van der Waals surface area contributed by atoms with E-state index in [4.69, 9.17) is 4.42 Å². The number of hydrogen-bond donors (Lipinski definition) is 0. The number of aromatic nitrogens is 1. The molecular weight excluding hydrogens is 288 g/mol. The number of benzene rings is 1. The molecule has 0 spiro atoms. The molecule has 0 aliphatic rings. The van der Waals surface area contributed by atoms with Gasteiger partial charge in [-0.1, -0.05) is 43.7 Å². The summed E-state index contributed by atoms with van der Waals surface area (Å²) in [5.74, 6) is 0.907. The first-order valence-corrected chi connectivity index (χ1v) is 8.29. The number of carbonyl (C=O) groups excluding carboxylic acids is 1. The third-order valence-electron chi connectivity index (χ3n) is 4.19. The smallest absolute Gasteiger partial charge is 0.292 e. The van der Waals surface area contributed by atoms with Crippen LogP contribution in [0.5, 0.6) is 0 Å². The van der Waals surface area contributed by atoms with Crippen LogP contribution in [-0.2, 0) is 13.0 Å². The lowest BCUT2D eigenvalue weighted by molar-refractivity contribution is 0.0636. The Morgan fingerprint density at radius 2 is 1.87 bits per heavy atom. The molecule has 1 aromatic heterocycles. The van der Waals surface area contributed by atoms with Crippen molar-refractivity contribution in [3.05, 3.63) is 52.7 Å². The minimum absolute atomic E-state index is 0.0791. The van der Waals surface area contributed by atoms with Gasteiger partial charge in [-0.05, 0) is 32.8 Å². The Hall–Kier alpha value is -2.10. The van der Waals surface area contributed by atoms with Crippen LogP contribution in [0.1, 0.15) is 60.5 Å². The minimum atomic E-state index is -0.0791. The molecule has 0 saturated carbocycles. The van der Waals surface area contributed by atoms with Gasteiger partial charge in [-0.15, -0.1) is 0 Å². The molecule has 1 unspecified atom stereocenters. The number of rotatable bonds is 6. The highest BCUT2D eigenvalue weighted by atomic mass is 16.4. The van der Waals surface area contributed by atoms with Crippen molar-refractivity contribution >= 4 is 5.91 Å². The van der Waals surface area contributed by atoms with E-state index in [1.807, 2.05) is 18.7 Å². The molecule has 0 saturated heterocycles. The van der Waals surface area contributed by atoms with Crippen molar-refractivity contribution in [2.45, 2.75) is 60.0 Å². The zero-order chi connectivity index (χ0) is 17.0. The molecule has 0 aliphatic carbocycles. The summed E-state index contributed by atoms with van der Waals surface area (Å²) >= 11 is 0. The zero-order valence-corrected chi connectivity index (χ0v) is 14.7. The predicted octanol–water partition coefficient (Wildman–Crippen LogP) is 4.29. The number of oxazole rings is 1. The molecular formula is C19H26N2O2. The van der Waals surface area contributed by atoms with Gasteiger partial charge in [0.05, 0.1) is 5.69 Å². The van der Waals surface area contributed by atoms with Crippen LogP contribution in [0.3, 0.4) is 0 Å². The Morgan fingerprint density at radius 1 is 1.22 bits per heavy atom. The summed E-state index contributed by atoms with van der Waals surface area (Å²) in [4.78, 5) is 19.2. The molecule has 2 aromatic rings. The molecule has 124 valence electrons. The summed E-state index contributed by atoms with van der Waals surface area (Å²) in [6.07, 6.45) is 1.58. The minimum Gasteiger partial charge on any atom is -0.435 e. The Morgan fingerprint density at radius 3 is 2.39 bits per heavy atom. The van der Waals surface area contributed by atoms with Gasteiger partial charge in [-0.3, -0.25) is 4.79 Å². The van der Waals surface area contributed by atoms with E-state index in [2.05, 4.69) is 50.0 Å². The van der Waals surface area contributed by atoms with Gasteiger partial charge >= 0.3 is 0 Å². The van der Waals surface area contributed by atoms with E-state index >= 15 is 0 Å². The van der Waals surface area contributed by atoms with Crippen molar-refractivity contribution < 1.29 is 9.21 Å². The first-order valence-electron chi connectivity index (χ1n) is 8.29. The van der Waals surface area contributed by atoms with Crippen molar-refractivity contribution in [3.8, 4) is 0 Å². The highest BCUT2D eigenvalue weighted by Gasteiger charge is 2.26. The van der Waals surface area contributed by atoms with E-state index in [1.165, 1.54) is 5.56 Å². The van der Waals surface area contributed by atoms with Crippen LogP contribution in [0, 0.1) is 13.8 Å². The lowest BCUT2D eigenvalue weighted by atomic mass is 10.1. The normalized spacial score (nSPS) is 12.2. The van der Waals surface area contributed by atoms with Crippen molar-refractivity contribution in [2.75, 3.05) is 0 Å². The summed E-state index contributed by atoms with van der Waals surface area (Å²) in [5, 5.41) is 0. The quantitative estimate of drug-likeness (QED) is 0.799. The maximum Gasteiger partial charge on any atom is 0.292 e.